The molecular weight excluding hydrogens is 260 g/mol. The van der Waals surface area contributed by atoms with E-state index < -0.39 is 0 Å². The Morgan fingerprint density at radius 2 is 2.00 bits per heavy atom. The van der Waals surface area contributed by atoms with Crippen LogP contribution in [-0.2, 0) is 5.54 Å². The van der Waals surface area contributed by atoms with Gasteiger partial charge in [-0.05, 0) is 62.9 Å². The van der Waals surface area contributed by atoms with Crippen molar-refractivity contribution < 1.29 is 4.74 Å². The van der Waals surface area contributed by atoms with Crippen LogP contribution in [0.1, 0.15) is 42.9 Å². The monoisotopic (exact) mass is 288 g/mol. The van der Waals surface area contributed by atoms with Gasteiger partial charge in [0.2, 0.25) is 0 Å². The number of aryl methyl sites for hydroxylation is 2. The van der Waals surface area contributed by atoms with Crippen LogP contribution in [0.5, 0.6) is 5.75 Å². The normalized spacial score (nSPS) is 27.2. The van der Waals surface area contributed by atoms with Gasteiger partial charge in [-0.1, -0.05) is 13.0 Å². The second-order valence-electron chi connectivity index (χ2n) is 6.96. The number of nitrogens with zero attached hydrogens (tertiary/aromatic N) is 1. The molecule has 3 nitrogen and oxygen atoms in total. The van der Waals surface area contributed by atoms with Crippen LogP contribution in [0.15, 0.2) is 12.1 Å². The largest absolute Gasteiger partial charge is 0.493 e. The highest BCUT2D eigenvalue weighted by Gasteiger charge is 2.43. The Balaban J connectivity index is 2.04. The third kappa shape index (κ3) is 2.47. The topological polar surface area (TPSA) is 38.5 Å². The first-order valence-electron chi connectivity index (χ1n) is 8.26. The minimum Gasteiger partial charge on any atom is -0.493 e. The molecule has 1 aromatic rings. The summed E-state index contributed by atoms with van der Waals surface area (Å²) in [4.78, 5) is 2.64. The number of nitrogens with two attached hydrogens (primary N) is 1. The van der Waals surface area contributed by atoms with Gasteiger partial charge in [0.15, 0.2) is 0 Å². The van der Waals surface area contributed by atoms with E-state index in [2.05, 4.69) is 37.8 Å². The average molecular weight is 288 g/mol. The van der Waals surface area contributed by atoms with E-state index in [1.165, 1.54) is 29.5 Å². The zero-order valence-corrected chi connectivity index (χ0v) is 13.6. The Labute approximate surface area is 128 Å². The highest BCUT2D eigenvalue weighted by atomic mass is 16.5. The standard InChI is InChI=1S/C18H28N2O/c1-13-4-7-20(8-5-13)18(12-19)6-9-21-16-11-14(2)10-15(3)17(16)18/h10-11,13H,4-9,12,19H2,1-3H3. The lowest BCUT2D eigenvalue weighted by Gasteiger charge is -2.49. The third-order valence-corrected chi connectivity index (χ3v) is 5.41. The molecule has 1 aromatic carbocycles. The van der Waals surface area contributed by atoms with Gasteiger partial charge < -0.3 is 10.5 Å². The van der Waals surface area contributed by atoms with E-state index in [4.69, 9.17) is 10.5 Å². The molecule has 2 heterocycles. The van der Waals surface area contributed by atoms with Crippen molar-refractivity contribution in [2.75, 3.05) is 26.2 Å². The van der Waals surface area contributed by atoms with Crippen molar-refractivity contribution >= 4 is 0 Å². The molecule has 1 unspecified atom stereocenters. The molecule has 2 aliphatic rings. The smallest absolute Gasteiger partial charge is 0.124 e. The SMILES string of the molecule is Cc1cc(C)c2c(c1)OCCC2(CN)N1CCC(C)CC1. The second-order valence-corrected chi connectivity index (χ2v) is 6.96. The number of likely N-dealkylation sites (tertiary alicyclic amines) is 1. The van der Waals surface area contributed by atoms with E-state index in [-0.39, 0.29) is 5.54 Å². The average Bonchev–Trinajstić information content (AvgIpc) is 2.46. The summed E-state index contributed by atoms with van der Waals surface area (Å²) in [5.74, 6) is 1.90. The van der Waals surface area contributed by atoms with Crippen molar-refractivity contribution in [2.45, 2.75) is 45.6 Å². The van der Waals surface area contributed by atoms with Gasteiger partial charge in [-0.3, -0.25) is 4.90 Å². The summed E-state index contributed by atoms with van der Waals surface area (Å²) in [6, 6.07) is 4.45. The number of piperidine rings is 1. The fraction of sp³-hybridized carbons (Fsp3) is 0.667. The summed E-state index contributed by atoms with van der Waals surface area (Å²) >= 11 is 0. The van der Waals surface area contributed by atoms with E-state index in [0.29, 0.717) is 6.54 Å². The van der Waals surface area contributed by atoms with Crippen LogP contribution < -0.4 is 10.5 Å². The fourth-order valence-corrected chi connectivity index (χ4v) is 4.18. The molecule has 116 valence electrons. The van der Waals surface area contributed by atoms with Gasteiger partial charge in [-0.25, -0.2) is 0 Å². The molecule has 3 heteroatoms. The Morgan fingerprint density at radius 1 is 1.29 bits per heavy atom. The summed E-state index contributed by atoms with van der Waals surface area (Å²) in [7, 11) is 0. The Bertz CT molecular complexity index is 520. The van der Waals surface area contributed by atoms with Crippen LogP contribution in [0.25, 0.3) is 0 Å². The first-order valence-corrected chi connectivity index (χ1v) is 8.26. The molecule has 2 N–H and O–H groups in total. The van der Waals surface area contributed by atoms with Gasteiger partial charge in [0, 0.05) is 18.5 Å². The van der Waals surface area contributed by atoms with Crippen molar-refractivity contribution in [1.82, 2.24) is 4.90 Å². The van der Waals surface area contributed by atoms with Crippen LogP contribution in [0, 0.1) is 19.8 Å². The van der Waals surface area contributed by atoms with Crippen LogP contribution in [0.2, 0.25) is 0 Å². The molecule has 1 atom stereocenters. The minimum atomic E-state index is -0.0223. The Kier molecular flexibility index (Phi) is 3.98. The first kappa shape index (κ1) is 14.9. The maximum Gasteiger partial charge on any atom is 0.124 e. The molecule has 0 amide bonds. The Hall–Kier alpha value is -1.06. The molecule has 0 bridgehead atoms. The number of ether oxygens (including phenoxy) is 1. The van der Waals surface area contributed by atoms with Crippen LogP contribution >= 0.6 is 0 Å². The maximum absolute atomic E-state index is 6.33. The predicted molar refractivity (Wildman–Crippen MR) is 86.7 cm³/mol. The second kappa shape index (κ2) is 5.62. The molecular formula is C18H28N2O. The predicted octanol–water partition coefficient (Wildman–Crippen LogP) is 2.97. The van der Waals surface area contributed by atoms with E-state index >= 15 is 0 Å². The molecule has 1 fully saturated rings. The summed E-state index contributed by atoms with van der Waals surface area (Å²) < 4.78 is 5.97. The maximum atomic E-state index is 6.33. The number of benzene rings is 1. The zero-order valence-electron chi connectivity index (χ0n) is 13.6. The van der Waals surface area contributed by atoms with Gasteiger partial charge in [-0.15, -0.1) is 0 Å². The molecule has 0 radical (unpaired) electrons. The molecule has 0 aromatic heterocycles. The van der Waals surface area contributed by atoms with E-state index in [9.17, 15) is 0 Å². The van der Waals surface area contributed by atoms with E-state index in [1.807, 2.05) is 0 Å². The lowest BCUT2D eigenvalue weighted by molar-refractivity contribution is 0.0222. The molecule has 0 spiro atoms. The van der Waals surface area contributed by atoms with E-state index in [0.717, 1.165) is 37.8 Å². The Morgan fingerprint density at radius 3 is 2.67 bits per heavy atom. The number of rotatable bonds is 2. The van der Waals surface area contributed by atoms with Crippen molar-refractivity contribution in [1.29, 1.82) is 0 Å². The lowest BCUT2D eigenvalue weighted by Crippen LogP contribution is -2.56. The summed E-state index contributed by atoms with van der Waals surface area (Å²) in [6.45, 7) is 10.5. The van der Waals surface area contributed by atoms with Crippen LogP contribution in [-0.4, -0.2) is 31.1 Å². The molecule has 0 aliphatic carbocycles. The molecule has 1 saturated heterocycles. The highest BCUT2D eigenvalue weighted by molar-refractivity contribution is 5.49. The van der Waals surface area contributed by atoms with Gasteiger partial charge in [0.05, 0.1) is 12.1 Å². The number of hydrogen-bond acceptors (Lipinski definition) is 3. The van der Waals surface area contributed by atoms with Crippen molar-refractivity contribution in [3.8, 4) is 5.75 Å². The number of fused-ring (bicyclic) bond motifs is 1. The summed E-state index contributed by atoms with van der Waals surface area (Å²) in [5, 5.41) is 0. The van der Waals surface area contributed by atoms with Crippen molar-refractivity contribution in [3.05, 3.63) is 28.8 Å². The van der Waals surface area contributed by atoms with Crippen LogP contribution in [0.3, 0.4) is 0 Å². The van der Waals surface area contributed by atoms with Gasteiger partial charge in [-0.2, -0.15) is 0 Å². The van der Waals surface area contributed by atoms with E-state index in [1.54, 1.807) is 0 Å². The first-order chi connectivity index (χ1) is 10.1. The lowest BCUT2D eigenvalue weighted by atomic mass is 9.78. The number of hydrogen-bond donors (Lipinski definition) is 1. The van der Waals surface area contributed by atoms with Gasteiger partial charge in [0.25, 0.3) is 0 Å². The minimum absolute atomic E-state index is 0.0223. The van der Waals surface area contributed by atoms with Crippen LogP contribution in [0.4, 0.5) is 0 Å². The molecule has 0 saturated carbocycles. The fourth-order valence-electron chi connectivity index (χ4n) is 4.18. The summed E-state index contributed by atoms with van der Waals surface area (Å²) in [5.41, 5.74) is 10.2. The van der Waals surface area contributed by atoms with Gasteiger partial charge >= 0.3 is 0 Å². The van der Waals surface area contributed by atoms with Crippen molar-refractivity contribution in [2.24, 2.45) is 11.7 Å². The zero-order chi connectivity index (χ0) is 15.0. The van der Waals surface area contributed by atoms with Gasteiger partial charge in [0.1, 0.15) is 5.75 Å². The third-order valence-electron chi connectivity index (χ3n) is 5.41. The van der Waals surface area contributed by atoms with Crippen molar-refractivity contribution in [3.63, 3.8) is 0 Å². The molecule has 21 heavy (non-hydrogen) atoms. The molecule has 3 rings (SSSR count). The quantitative estimate of drug-likeness (QED) is 0.909. The highest BCUT2D eigenvalue weighted by Crippen LogP contribution is 2.44. The summed E-state index contributed by atoms with van der Waals surface area (Å²) in [6.07, 6.45) is 3.57. The molecule has 2 aliphatic heterocycles.